The fourth-order valence-corrected chi connectivity index (χ4v) is 3.56. The van der Waals surface area contributed by atoms with E-state index < -0.39 is 15.6 Å². The predicted octanol–water partition coefficient (Wildman–Crippen LogP) is 1.01. The van der Waals surface area contributed by atoms with Gasteiger partial charge in [0.25, 0.3) is 10.0 Å². The van der Waals surface area contributed by atoms with Gasteiger partial charge in [0.05, 0.1) is 0 Å². The highest BCUT2D eigenvalue weighted by atomic mass is 32.2. The van der Waals surface area contributed by atoms with E-state index in [-0.39, 0.29) is 11.6 Å². The maximum Gasteiger partial charge on any atom is 0.260 e. The predicted molar refractivity (Wildman–Crippen MR) is 75.3 cm³/mol. The van der Waals surface area contributed by atoms with Crippen molar-refractivity contribution in [3.05, 3.63) is 12.0 Å². The molecule has 0 atom stereocenters. The van der Waals surface area contributed by atoms with Gasteiger partial charge in [-0.05, 0) is 26.7 Å². The van der Waals surface area contributed by atoms with Gasteiger partial charge in [0, 0.05) is 24.8 Å². The first-order valence-corrected chi connectivity index (χ1v) is 8.10. The first kappa shape index (κ1) is 16.1. The molecule has 0 amide bonds. The summed E-state index contributed by atoms with van der Waals surface area (Å²) >= 11 is 0. The molecule has 0 aliphatic carbocycles. The van der Waals surface area contributed by atoms with Crippen molar-refractivity contribution in [2.75, 3.05) is 6.54 Å². The fourth-order valence-electron chi connectivity index (χ4n) is 1.99. The lowest BCUT2D eigenvalue weighted by Gasteiger charge is -2.30. The Morgan fingerprint density at radius 1 is 1.37 bits per heavy atom. The van der Waals surface area contributed by atoms with E-state index in [0.29, 0.717) is 25.2 Å². The molecule has 7 heteroatoms. The quantitative estimate of drug-likeness (QED) is 0.783. The minimum atomic E-state index is -3.63. The maximum atomic E-state index is 12.4. The Morgan fingerprint density at radius 3 is 2.32 bits per heavy atom. The molecule has 110 valence electrons. The molecule has 0 bridgehead atoms. The van der Waals surface area contributed by atoms with E-state index in [2.05, 4.69) is 9.71 Å². The van der Waals surface area contributed by atoms with Crippen LogP contribution in [0.15, 0.2) is 11.2 Å². The smallest absolute Gasteiger partial charge is 0.260 e. The van der Waals surface area contributed by atoms with E-state index >= 15 is 0 Å². The second-order valence-corrected chi connectivity index (χ2v) is 6.34. The molecule has 0 saturated carbocycles. The van der Waals surface area contributed by atoms with E-state index in [9.17, 15) is 8.42 Å². The Bertz CT molecular complexity index is 510. The standard InChI is InChI=1S/C12H24N4O2S/c1-5-12(6-2,9-13)15-19(17,18)11-8-16(7-3)10(4)14-11/h8,15H,5-7,9,13H2,1-4H3. The van der Waals surface area contributed by atoms with Crippen LogP contribution in [0.4, 0.5) is 0 Å². The third kappa shape index (κ3) is 3.34. The molecule has 1 aromatic rings. The molecule has 0 aromatic carbocycles. The lowest BCUT2D eigenvalue weighted by molar-refractivity contribution is 0.362. The van der Waals surface area contributed by atoms with E-state index in [4.69, 9.17) is 5.73 Å². The summed E-state index contributed by atoms with van der Waals surface area (Å²) in [6.45, 7) is 8.55. The first-order valence-electron chi connectivity index (χ1n) is 6.62. The maximum absolute atomic E-state index is 12.4. The summed E-state index contributed by atoms with van der Waals surface area (Å²) < 4.78 is 29.2. The van der Waals surface area contributed by atoms with E-state index in [1.807, 2.05) is 20.8 Å². The highest BCUT2D eigenvalue weighted by Gasteiger charge is 2.32. The SMILES string of the molecule is CCn1cc(S(=O)(=O)NC(CC)(CC)CN)nc1C. The van der Waals surface area contributed by atoms with Crippen molar-refractivity contribution in [3.8, 4) is 0 Å². The molecule has 0 aliphatic rings. The molecule has 3 N–H and O–H groups in total. The zero-order chi connectivity index (χ0) is 14.7. The number of rotatable bonds is 7. The fraction of sp³-hybridized carbons (Fsp3) is 0.750. The van der Waals surface area contributed by atoms with Crippen LogP contribution in [-0.2, 0) is 16.6 Å². The van der Waals surface area contributed by atoms with Crippen molar-refractivity contribution in [1.29, 1.82) is 0 Å². The average Bonchev–Trinajstić information content (AvgIpc) is 2.78. The van der Waals surface area contributed by atoms with Gasteiger partial charge in [-0.25, -0.2) is 18.1 Å². The van der Waals surface area contributed by atoms with E-state index in [1.165, 1.54) is 0 Å². The highest BCUT2D eigenvalue weighted by molar-refractivity contribution is 7.89. The summed E-state index contributed by atoms with van der Waals surface area (Å²) in [5, 5.41) is 0.0616. The Kier molecular flexibility index (Phi) is 5.11. The number of sulfonamides is 1. The van der Waals surface area contributed by atoms with Crippen molar-refractivity contribution in [2.24, 2.45) is 5.73 Å². The van der Waals surface area contributed by atoms with Crippen LogP contribution in [0.25, 0.3) is 0 Å². The van der Waals surface area contributed by atoms with Gasteiger partial charge in [-0.1, -0.05) is 13.8 Å². The molecule has 1 aromatic heterocycles. The second-order valence-electron chi connectivity index (χ2n) is 4.71. The number of imidazole rings is 1. The highest BCUT2D eigenvalue weighted by Crippen LogP contribution is 2.18. The van der Waals surface area contributed by atoms with Gasteiger partial charge < -0.3 is 10.3 Å². The zero-order valence-electron chi connectivity index (χ0n) is 12.1. The lowest BCUT2D eigenvalue weighted by Crippen LogP contribution is -2.52. The van der Waals surface area contributed by atoms with Crippen molar-refractivity contribution >= 4 is 10.0 Å². The number of nitrogens with zero attached hydrogens (tertiary/aromatic N) is 2. The summed E-state index contributed by atoms with van der Waals surface area (Å²) in [6.07, 6.45) is 2.85. The Balaban J connectivity index is 3.10. The molecular weight excluding hydrogens is 264 g/mol. The van der Waals surface area contributed by atoms with Gasteiger partial charge in [-0.2, -0.15) is 0 Å². The van der Waals surface area contributed by atoms with E-state index in [0.717, 1.165) is 0 Å². The number of hydrogen-bond acceptors (Lipinski definition) is 4. The van der Waals surface area contributed by atoms with Gasteiger partial charge in [0.2, 0.25) is 0 Å². The van der Waals surface area contributed by atoms with Crippen molar-refractivity contribution in [2.45, 2.75) is 57.6 Å². The average molecular weight is 288 g/mol. The van der Waals surface area contributed by atoms with Gasteiger partial charge in [-0.3, -0.25) is 0 Å². The summed E-state index contributed by atoms with van der Waals surface area (Å²) in [5.41, 5.74) is 5.13. The minimum absolute atomic E-state index is 0.0616. The summed E-state index contributed by atoms with van der Waals surface area (Å²) in [7, 11) is -3.63. The zero-order valence-corrected chi connectivity index (χ0v) is 12.9. The van der Waals surface area contributed by atoms with Gasteiger partial charge >= 0.3 is 0 Å². The molecule has 0 spiro atoms. The van der Waals surface area contributed by atoms with Crippen LogP contribution in [0.5, 0.6) is 0 Å². The van der Waals surface area contributed by atoms with E-state index in [1.54, 1.807) is 17.7 Å². The van der Waals surface area contributed by atoms with Crippen LogP contribution in [-0.4, -0.2) is 30.1 Å². The van der Waals surface area contributed by atoms with Crippen LogP contribution < -0.4 is 10.5 Å². The lowest BCUT2D eigenvalue weighted by atomic mass is 9.95. The number of aromatic nitrogens is 2. The Morgan fingerprint density at radius 2 is 1.95 bits per heavy atom. The van der Waals surface area contributed by atoms with Crippen molar-refractivity contribution < 1.29 is 8.42 Å². The monoisotopic (exact) mass is 288 g/mol. The van der Waals surface area contributed by atoms with Gasteiger partial charge in [0.1, 0.15) is 5.82 Å². The molecule has 19 heavy (non-hydrogen) atoms. The van der Waals surface area contributed by atoms with Crippen LogP contribution in [0, 0.1) is 6.92 Å². The van der Waals surface area contributed by atoms with Crippen LogP contribution >= 0.6 is 0 Å². The number of nitrogens with one attached hydrogen (secondary N) is 1. The Labute approximate surface area is 115 Å². The third-order valence-electron chi connectivity index (χ3n) is 3.67. The molecule has 0 saturated heterocycles. The summed E-state index contributed by atoms with van der Waals surface area (Å²) in [4.78, 5) is 4.11. The van der Waals surface area contributed by atoms with Gasteiger partial charge in [0.15, 0.2) is 5.03 Å². The molecule has 0 radical (unpaired) electrons. The van der Waals surface area contributed by atoms with Crippen LogP contribution in [0.1, 0.15) is 39.4 Å². The van der Waals surface area contributed by atoms with Gasteiger partial charge in [-0.15, -0.1) is 0 Å². The number of nitrogens with two attached hydrogens (primary N) is 1. The summed E-state index contributed by atoms with van der Waals surface area (Å²) in [6, 6.07) is 0. The molecule has 6 nitrogen and oxygen atoms in total. The number of aryl methyl sites for hydroxylation is 2. The molecule has 0 fully saturated rings. The van der Waals surface area contributed by atoms with Crippen LogP contribution in [0.2, 0.25) is 0 Å². The minimum Gasteiger partial charge on any atom is -0.334 e. The molecule has 1 heterocycles. The molecule has 1 rings (SSSR count). The van der Waals surface area contributed by atoms with Crippen LogP contribution in [0.3, 0.4) is 0 Å². The first-order chi connectivity index (χ1) is 8.84. The molecule has 0 unspecified atom stereocenters. The van der Waals surface area contributed by atoms with Crippen molar-refractivity contribution in [1.82, 2.24) is 14.3 Å². The van der Waals surface area contributed by atoms with Crippen molar-refractivity contribution in [3.63, 3.8) is 0 Å². The normalized spacial score (nSPS) is 12.9. The largest absolute Gasteiger partial charge is 0.334 e. The summed E-state index contributed by atoms with van der Waals surface area (Å²) in [5.74, 6) is 0.689. The topological polar surface area (TPSA) is 90.0 Å². The Hall–Kier alpha value is -0.920. The second kappa shape index (κ2) is 6.02. The third-order valence-corrected chi connectivity index (χ3v) is 5.11. The molecule has 0 aliphatic heterocycles. The molecular formula is C12H24N4O2S. The number of hydrogen-bond donors (Lipinski definition) is 2.